The number of nitrogens with two attached hydrogens (primary N) is 2. The quantitative estimate of drug-likeness (QED) is 0.121. The van der Waals surface area contributed by atoms with Gasteiger partial charge in [0.25, 0.3) is 11.1 Å². The molecule has 2 aromatic heterocycles. The van der Waals surface area contributed by atoms with Crippen molar-refractivity contribution in [2.75, 3.05) is 0 Å². The predicted molar refractivity (Wildman–Crippen MR) is 185 cm³/mol. The van der Waals surface area contributed by atoms with E-state index in [0.29, 0.717) is 22.8 Å². The standard InChI is InChI=1S/2C16H15N5O4S.Cr.Na/c2*1-10-15(16(23)21(20-10)11-5-3-2-4-6-11)19-18-13-9-12(26(17,24)25)7-8-14(13)22;;/h2*2-9,20,22H,1H3,(H2,17,24,25);;/q;;+3;+1/p-2. The van der Waals surface area contributed by atoms with Gasteiger partial charge in [-0.2, -0.15) is 10.2 Å². The van der Waals surface area contributed by atoms with Crippen molar-refractivity contribution in [2.45, 2.75) is 23.6 Å². The molecule has 6 rings (SSSR count). The van der Waals surface area contributed by atoms with Crippen LogP contribution in [0.1, 0.15) is 11.4 Å². The van der Waals surface area contributed by atoms with Gasteiger partial charge in [-0.05, 0) is 62.4 Å². The summed E-state index contributed by atoms with van der Waals surface area (Å²) in [6.07, 6.45) is 0. The molecule has 4 aromatic carbocycles. The fourth-order valence-electron chi connectivity index (χ4n) is 4.54. The van der Waals surface area contributed by atoms with E-state index in [-0.39, 0.29) is 79.5 Å². The van der Waals surface area contributed by atoms with Crippen molar-refractivity contribution in [1.82, 2.24) is 19.6 Å². The van der Waals surface area contributed by atoms with Gasteiger partial charge in [0.15, 0.2) is 11.4 Å². The molecule has 0 bridgehead atoms. The first-order chi connectivity index (χ1) is 24.5. The molecule has 0 unspecified atom stereocenters. The van der Waals surface area contributed by atoms with E-state index in [1.807, 2.05) is 12.1 Å². The van der Waals surface area contributed by atoms with Crippen molar-refractivity contribution in [1.29, 1.82) is 0 Å². The van der Waals surface area contributed by atoms with E-state index in [1.165, 1.54) is 9.36 Å². The number of hydrogen-bond donors (Lipinski definition) is 4. The molecule has 0 aliphatic rings. The Kier molecular flexibility index (Phi) is 14.4. The minimum atomic E-state index is -3.99. The first kappa shape index (κ1) is 43.5. The molecule has 0 fully saturated rings. The number of sulfonamides is 2. The zero-order valence-corrected chi connectivity index (χ0v) is 33.5. The van der Waals surface area contributed by atoms with Gasteiger partial charge < -0.3 is 10.2 Å². The van der Waals surface area contributed by atoms with Gasteiger partial charge in [0, 0.05) is 0 Å². The van der Waals surface area contributed by atoms with Gasteiger partial charge in [-0.25, -0.2) is 36.5 Å². The molecule has 0 saturated carbocycles. The maximum Gasteiger partial charge on any atom is 3.00 e. The van der Waals surface area contributed by atoms with Crippen LogP contribution in [0, 0.1) is 13.8 Å². The van der Waals surface area contributed by atoms with Crippen LogP contribution in [0.3, 0.4) is 0 Å². The molecule has 2 heterocycles. The second kappa shape index (κ2) is 17.9. The third-order valence-corrected chi connectivity index (χ3v) is 8.96. The molecule has 22 heteroatoms. The molecule has 0 aliphatic carbocycles. The van der Waals surface area contributed by atoms with Crippen LogP contribution in [0.15, 0.2) is 137 Å². The Morgan fingerprint density at radius 1 is 0.574 bits per heavy atom. The van der Waals surface area contributed by atoms with Crippen molar-refractivity contribution in [3.63, 3.8) is 0 Å². The summed E-state index contributed by atoms with van der Waals surface area (Å²) in [5.41, 5.74) is 0.759. The fourth-order valence-corrected chi connectivity index (χ4v) is 5.61. The van der Waals surface area contributed by atoms with Crippen molar-refractivity contribution < 1.29 is 74.0 Å². The Balaban J connectivity index is 0.000000280. The number of aromatic amines is 2. The van der Waals surface area contributed by atoms with Crippen LogP contribution in [0.25, 0.3) is 11.4 Å². The number of aromatic nitrogens is 4. The van der Waals surface area contributed by atoms with E-state index in [1.54, 1.807) is 62.4 Å². The summed E-state index contributed by atoms with van der Waals surface area (Å²) >= 11 is 0. The number of azo groups is 2. The molecule has 6 N–H and O–H groups in total. The average Bonchev–Trinajstić information content (AvgIpc) is 3.56. The van der Waals surface area contributed by atoms with Crippen molar-refractivity contribution in [3.05, 3.63) is 129 Å². The number of nitrogens with one attached hydrogen (secondary N) is 2. The van der Waals surface area contributed by atoms with Gasteiger partial charge in [0.05, 0.1) is 43.9 Å². The van der Waals surface area contributed by atoms with E-state index in [9.17, 15) is 36.6 Å². The Hall–Kier alpha value is -4.95. The SMILES string of the molecule is Cc1[nH]n(-c2ccccc2)c(=O)c1N=Nc1cc(S(N)(=O)=O)ccc1[O-].Cc1[nH]n(-c2ccccc2)c(=O)c1N=Nc1cc(S(N)(=O)=O)ccc1[O-].[Cr+3].[Na+]. The molecule has 0 aliphatic heterocycles. The third-order valence-electron chi connectivity index (χ3n) is 7.14. The van der Waals surface area contributed by atoms with Crippen LogP contribution >= 0.6 is 0 Å². The first-order valence-electron chi connectivity index (χ1n) is 14.8. The smallest absolute Gasteiger partial charge is 0.871 e. The fraction of sp³-hybridized carbons (Fsp3) is 0.0625. The monoisotopic (exact) mass is 819 g/mol. The maximum atomic E-state index is 12.5. The van der Waals surface area contributed by atoms with Gasteiger partial charge in [0.1, 0.15) is 0 Å². The number of para-hydroxylation sites is 2. The Bertz CT molecular complexity index is 2490. The molecule has 0 atom stereocenters. The summed E-state index contributed by atoms with van der Waals surface area (Å²) in [7, 11) is -7.97. The van der Waals surface area contributed by atoms with E-state index in [0.717, 1.165) is 36.4 Å². The molecule has 54 heavy (non-hydrogen) atoms. The van der Waals surface area contributed by atoms with Gasteiger partial charge in [0.2, 0.25) is 20.0 Å². The van der Waals surface area contributed by atoms with Gasteiger partial charge in [-0.15, -0.1) is 10.2 Å². The molecule has 1 radical (unpaired) electrons. The van der Waals surface area contributed by atoms with Crippen LogP contribution < -0.4 is 61.2 Å². The van der Waals surface area contributed by atoms with Crippen molar-refractivity contribution >= 4 is 42.8 Å². The summed E-state index contributed by atoms with van der Waals surface area (Å²) in [4.78, 5) is 24.5. The molecule has 271 valence electrons. The van der Waals surface area contributed by atoms with E-state index >= 15 is 0 Å². The van der Waals surface area contributed by atoms with Crippen LogP contribution in [0.4, 0.5) is 22.7 Å². The Morgan fingerprint density at radius 2 is 0.907 bits per heavy atom. The zero-order valence-electron chi connectivity index (χ0n) is 28.6. The normalized spacial score (nSPS) is 11.5. The largest absolute Gasteiger partial charge is 3.00 e. The Morgan fingerprint density at radius 3 is 1.22 bits per heavy atom. The molecular formula is C32H28CrN10NaO8S2+2. The summed E-state index contributed by atoms with van der Waals surface area (Å²) in [5.74, 6) is -1.09. The van der Waals surface area contributed by atoms with E-state index < -0.39 is 42.7 Å². The van der Waals surface area contributed by atoms with E-state index in [4.69, 9.17) is 10.3 Å². The van der Waals surface area contributed by atoms with Crippen molar-refractivity contribution in [3.8, 4) is 22.9 Å². The van der Waals surface area contributed by atoms with Crippen molar-refractivity contribution in [2.24, 2.45) is 30.7 Å². The second-order valence-electron chi connectivity index (χ2n) is 10.9. The molecule has 0 spiro atoms. The predicted octanol–water partition coefficient (Wildman–Crippen LogP) is 0.222. The second-order valence-corrected chi connectivity index (χ2v) is 14.0. The number of H-pyrrole nitrogens is 2. The summed E-state index contributed by atoms with van der Waals surface area (Å²) < 4.78 is 48.1. The summed E-state index contributed by atoms with van der Waals surface area (Å²) in [5, 5.41) is 54.6. The minimum absolute atomic E-state index is 0. The molecule has 0 amide bonds. The number of benzene rings is 4. The third kappa shape index (κ3) is 10.2. The van der Waals surface area contributed by atoms with E-state index in [2.05, 4.69) is 30.7 Å². The number of aryl methyl sites for hydroxylation is 2. The maximum absolute atomic E-state index is 12.5. The summed E-state index contributed by atoms with van der Waals surface area (Å²) in [6, 6.07) is 24.0. The topological polar surface area (TPSA) is 291 Å². The molecule has 18 nitrogen and oxygen atoms in total. The number of nitrogens with zero attached hydrogens (tertiary/aromatic N) is 6. The minimum Gasteiger partial charge on any atom is -0.871 e. The van der Waals surface area contributed by atoms with Gasteiger partial charge in [-0.1, -0.05) is 60.0 Å². The molecule has 6 aromatic rings. The average molecular weight is 820 g/mol. The van der Waals surface area contributed by atoms with Crippen LogP contribution in [-0.2, 0) is 37.4 Å². The van der Waals surface area contributed by atoms with Crippen LogP contribution in [0.2, 0.25) is 0 Å². The number of hydrogen-bond acceptors (Lipinski definition) is 12. The van der Waals surface area contributed by atoms with Gasteiger partial charge >= 0.3 is 46.9 Å². The van der Waals surface area contributed by atoms with Crippen LogP contribution in [0.5, 0.6) is 11.5 Å². The molecule has 0 saturated heterocycles. The Labute approximate surface area is 340 Å². The number of rotatable bonds is 8. The van der Waals surface area contributed by atoms with Gasteiger partial charge in [-0.3, -0.25) is 19.8 Å². The number of primary sulfonamides is 2. The first-order valence-corrected chi connectivity index (χ1v) is 17.9. The molecular weight excluding hydrogens is 792 g/mol. The van der Waals surface area contributed by atoms with Crippen LogP contribution in [-0.4, -0.2) is 36.4 Å². The zero-order chi connectivity index (χ0) is 37.8. The summed E-state index contributed by atoms with van der Waals surface area (Å²) in [6.45, 7) is 3.27.